The molecular formula is C21H15ClN4O2S. The normalized spacial score (nSPS) is 11.1. The van der Waals surface area contributed by atoms with Crippen LogP contribution in [-0.2, 0) is 0 Å². The van der Waals surface area contributed by atoms with E-state index in [9.17, 15) is 9.90 Å². The number of nitrogens with one attached hydrogen (secondary N) is 2. The Morgan fingerprint density at radius 1 is 1.07 bits per heavy atom. The summed E-state index contributed by atoms with van der Waals surface area (Å²) in [7, 11) is 0. The third-order valence-electron chi connectivity index (χ3n) is 4.09. The Balaban J connectivity index is 1.46. The van der Waals surface area contributed by atoms with E-state index in [-0.39, 0.29) is 16.5 Å². The molecule has 6 nitrogen and oxygen atoms in total. The fourth-order valence-electron chi connectivity index (χ4n) is 2.71. The van der Waals surface area contributed by atoms with Crippen LogP contribution in [0.3, 0.4) is 0 Å². The van der Waals surface area contributed by atoms with Crippen LogP contribution in [0, 0.1) is 0 Å². The van der Waals surface area contributed by atoms with Gasteiger partial charge in [-0.1, -0.05) is 65.4 Å². The van der Waals surface area contributed by atoms with Gasteiger partial charge in [0.15, 0.2) is 10.3 Å². The summed E-state index contributed by atoms with van der Waals surface area (Å²) in [4.78, 5) is 17.2. The number of fused-ring (bicyclic) bond motifs is 1. The Morgan fingerprint density at radius 2 is 1.76 bits per heavy atom. The topological polar surface area (TPSA) is 86.6 Å². The van der Waals surface area contributed by atoms with E-state index < -0.39 is 5.91 Å². The van der Waals surface area contributed by atoms with E-state index in [1.165, 1.54) is 17.6 Å². The molecule has 0 spiro atoms. The monoisotopic (exact) mass is 422 g/mol. The number of aromatic hydroxyl groups is 1. The number of hydrogen-bond donors (Lipinski definition) is 3. The van der Waals surface area contributed by atoms with Crippen molar-refractivity contribution in [3.63, 3.8) is 0 Å². The highest BCUT2D eigenvalue weighted by atomic mass is 35.5. The van der Waals surface area contributed by atoms with Gasteiger partial charge in [0, 0.05) is 5.69 Å². The number of carbonyl (C=O) groups is 1. The lowest BCUT2D eigenvalue weighted by Crippen LogP contribution is -2.17. The van der Waals surface area contributed by atoms with Crippen molar-refractivity contribution in [3.8, 4) is 5.75 Å². The first kappa shape index (κ1) is 18.9. The van der Waals surface area contributed by atoms with Gasteiger partial charge in [0.1, 0.15) is 5.75 Å². The maximum Gasteiger partial charge on any atom is 0.275 e. The van der Waals surface area contributed by atoms with Gasteiger partial charge in [0.05, 0.1) is 16.7 Å². The summed E-state index contributed by atoms with van der Waals surface area (Å²) >= 11 is 7.45. The molecule has 0 radical (unpaired) electrons. The van der Waals surface area contributed by atoms with Crippen LogP contribution in [0.2, 0.25) is 5.15 Å². The van der Waals surface area contributed by atoms with Gasteiger partial charge in [-0.2, -0.15) is 5.10 Å². The van der Waals surface area contributed by atoms with Gasteiger partial charge in [-0.15, -0.1) is 0 Å². The molecule has 0 bridgehead atoms. The summed E-state index contributed by atoms with van der Waals surface area (Å²) in [6.45, 7) is 0. The minimum atomic E-state index is -0.521. The largest absolute Gasteiger partial charge is 0.507 e. The minimum absolute atomic E-state index is 0.110. The summed E-state index contributed by atoms with van der Waals surface area (Å²) in [6.07, 6.45) is 1.42. The Morgan fingerprint density at radius 3 is 2.52 bits per heavy atom. The summed E-state index contributed by atoms with van der Waals surface area (Å²) in [5.74, 6) is -0.630. The van der Waals surface area contributed by atoms with Crippen molar-refractivity contribution in [2.24, 2.45) is 5.10 Å². The number of aromatic nitrogens is 1. The highest BCUT2D eigenvalue weighted by molar-refractivity contribution is 7.17. The predicted molar refractivity (Wildman–Crippen MR) is 118 cm³/mol. The summed E-state index contributed by atoms with van der Waals surface area (Å²) in [6, 6.07) is 20.2. The molecule has 1 aromatic heterocycles. The van der Waals surface area contributed by atoms with Gasteiger partial charge in [0.2, 0.25) is 0 Å². The van der Waals surface area contributed by atoms with Crippen LogP contribution >= 0.6 is 22.9 Å². The molecule has 0 aliphatic rings. The number of hydrogen-bond acceptors (Lipinski definition) is 6. The van der Waals surface area contributed by atoms with Crippen molar-refractivity contribution in [1.29, 1.82) is 0 Å². The molecule has 4 rings (SSSR count). The first-order valence-corrected chi connectivity index (χ1v) is 9.83. The number of phenols is 1. The highest BCUT2D eigenvalue weighted by Gasteiger charge is 2.12. The minimum Gasteiger partial charge on any atom is -0.507 e. The lowest BCUT2D eigenvalue weighted by atomic mass is 10.1. The Hall–Kier alpha value is -3.42. The standard InChI is InChI=1S/C21H15ClN4O2S/c22-19-18(29-21(25-19)24-15-8-2-1-3-9-15)12-23-26-20(28)16-10-13-6-4-5-7-14(13)11-17(16)27/h1-12,27H,(H,24,25)(H,26,28). The first-order chi connectivity index (χ1) is 14.1. The molecule has 0 aliphatic heterocycles. The van der Waals surface area contributed by atoms with Crippen molar-refractivity contribution in [2.75, 3.05) is 5.32 Å². The molecule has 29 heavy (non-hydrogen) atoms. The Kier molecular flexibility index (Phi) is 5.41. The third-order valence-corrected chi connectivity index (χ3v) is 5.40. The van der Waals surface area contributed by atoms with Crippen molar-refractivity contribution in [3.05, 3.63) is 82.3 Å². The van der Waals surface area contributed by atoms with Crippen molar-refractivity contribution in [2.45, 2.75) is 0 Å². The van der Waals surface area contributed by atoms with E-state index in [4.69, 9.17) is 11.6 Å². The lowest BCUT2D eigenvalue weighted by molar-refractivity contribution is 0.0952. The Labute approximate surface area is 175 Å². The Bertz CT molecular complexity index is 1210. The van der Waals surface area contributed by atoms with Crippen LogP contribution in [-0.4, -0.2) is 22.2 Å². The number of amides is 1. The molecule has 0 aliphatic carbocycles. The molecule has 3 aromatic carbocycles. The van der Waals surface area contributed by atoms with Gasteiger partial charge in [-0.3, -0.25) is 4.79 Å². The van der Waals surface area contributed by atoms with E-state index in [0.717, 1.165) is 16.5 Å². The number of thiazole rings is 1. The summed E-state index contributed by atoms with van der Waals surface area (Å²) < 4.78 is 0. The van der Waals surface area contributed by atoms with Gasteiger partial charge >= 0.3 is 0 Å². The third kappa shape index (κ3) is 4.37. The van der Waals surface area contributed by atoms with Crippen LogP contribution in [0.4, 0.5) is 10.8 Å². The van der Waals surface area contributed by atoms with Crippen LogP contribution < -0.4 is 10.7 Å². The van der Waals surface area contributed by atoms with Crippen LogP contribution in [0.25, 0.3) is 10.8 Å². The van der Waals surface area contributed by atoms with Gasteiger partial charge < -0.3 is 10.4 Å². The van der Waals surface area contributed by atoms with Crippen LogP contribution in [0.15, 0.2) is 71.8 Å². The molecule has 3 N–H and O–H groups in total. The highest BCUT2D eigenvalue weighted by Crippen LogP contribution is 2.28. The number of para-hydroxylation sites is 1. The van der Waals surface area contributed by atoms with Crippen LogP contribution in [0.1, 0.15) is 15.2 Å². The van der Waals surface area contributed by atoms with E-state index in [1.54, 1.807) is 12.1 Å². The van der Waals surface area contributed by atoms with Crippen molar-refractivity contribution >= 4 is 56.7 Å². The first-order valence-electron chi connectivity index (χ1n) is 8.64. The molecule has 1 amide bonds. The summed E-state index contributed by atoms with van der Waals surface area (Å²) in [5, 5.41) is 19.8. The molecule has 1 heterocycles. The fourth-order valence-corrected chi connectivity index (χ4v) is 3.76. The van der Waals surface area contributed by atoms with E-state index in [2.05, 4.69) is 20.8 Å². The zero-order chi connectivity index (χ0) is 20.2. The van der Waals surface area contributed by atoms with Gasteiger partial charge in [-0.25, -0.2) is 10.4 Å². The molecule has 0 unspecified atom stereocenters. The molecule has 8 heteroatoms. The average molecular weight is 423 g/mol. The molecule has 0 atom stereocenters. The average Bonchev–Trinajstić information content (AvgIpc) is 3.07. The molecule has 0 fully saturated rings. The number of benzene rings is 3. The second-order valence-electron chi connectivity index (χ2n) is 6.08. The van der Waals surface area contributed by atoms with Crippen molar-refractivity contribution in [1.82, 2.24) is 10.4 Å². The summed E-state index contributed by atoms with van der Waals surface area (Å²) in [5.41, 5.74) is 3.44. The molecule has 4 aromatic rings. The number of nitrogens with zero attached hydrogens (tertiary/aromatic N) is 2. The smallest absolute Gasteiger partial charge is 0.275 e. The van der Waals surface area contributed by atoms with E-state index in [1.807, 2.05) is 54.6 Å². The zero-order valence-corrected chi connectivity index (χ0v) is 16.5. The number of carbonyl (C=O) groups excluding carboxylic acids is 1. The van der Waals surface area contributed by atoms with Crippen LogP contribution in [0.5, 0.6) is 5.75 Å². The predicted octanol–water partition coefficient (Wildman–Crippen LogP) is 5.16. The molecule has 0 saturated heterocycles. The second-order valence-corrected chi connectivity index (χ2v) is 7.47. The lowest BCUT2D eigenvalue weighted by Gasteiger charge is -2.05. The number of anilines is 2. The number of rotatable bonds is 5. The maximum atomic E-state index is 12.4. The van der Waals surface area contributed by atoms with Crippen molar-refractivity contribution < 1.29 is 9.90 Å². The number of hydrazone groups is 1. The van der Waals surface area contributed by atoms with Gasteiger partial charge in [-0.05, 0) is 35.0 Å². The second kappa shape index (κ2) is 8.30. The van der Waals surface area contributed by atoms with E-state index in [0.29, 0.717) is 10.0 Å². The fraction of sp³-hybridized carbons (Fsp3) is 0. The molecule has 144 valence electrons. The molecule has 0 saturated carbocycles. The zero-order valence-electron chi connectivity index (χ0n) is 15.0. The SMILES string of the molecule is O=C(NN=Cc1sc(Nc2ccccc2)nc1Cl)c1cc2ccccc2cc1O. The maximum absolute atomic E-state index is 12.4. The molecular weight excluding hydrogens is 408 g/mol. The van der Waals surface area contributed by atoms with Gasteiger partial charge in [0.25, 0.3) is 5.91 Å². The number of phenolic OH excluding ortho intramolecular Hbond substituents is 1. The van der Waals surface area contributed by atoms with E-state index >= 15 is 0 Å². The quantitative estimate of drug-likeness (QED) is 0.306. The number of halogens is 1.